The normalized spacial score (nSPS) is 15.1. The maximum absolute atomic E-state index is 12.4. The molecule has 1 aromatic heterocycles. The van der Waals surface area contributed by atoms with Crippen molar-refractivity contribution >= 4 is 43.9 Å². The molecule has 0 atom stereocenters. The second-order valence-electron chi connectivity index (χ2n) is 6.88. The van der Waals surface area contributed by atoms with Gasteiger partial charge in [-0.3, -0.25) is 9.59 Å². The van der Waals surface area contributed by atoms with E-state index in [2.05, 4.69) is 15.6 Å². The number of aryl methyl sites for hydroxylation is 2. The van der Waals surface area contributed by atoms with Crippen molar-refractivity contribution in [2.45, 2.75) is 24.7 Å². The Morgan fingerprint density at radius 2 is 2.04 bits per heavy atom. The van der Waals surface area contributed by atoms with Gasteiger partial charge in [0.15, 0.2) is 9.84 Å². The van der Waals surface area contributed by atoms with Gasteiger partial charge >= 0.3 is 0 Å². The number of carbonyl (C=O) groups excluding carboxylic acids is 2. The van der Waals surface area contributed by atoms with Crippen molar-refractivity contribution < 1.29 is 18.0 Å². The maximum atomic E-state index is 12.4. The molecule has 144 valence electrons. The summed E-state index contributed by atoms with van der Waals surface area (Å²) in [5.41, 5.74) is 3.90. The van der Waals surface area contributed by atoms with E-state index >= 15 is 0 Å². The van der Waals surface area contributed by atoms with Crippen LogP contribution in [0.1, 0.15) is 17.5 Å². The SMILES string of the molecule is Cc1cccc2c(CCC(=O)Nc3ccc4c(c3)S(=O)(=O)CC(=O)N4)c[nH]c12. The molecule has 4 rings (SSSR count). The Morgan fingerprint density at radius 1 is 1.21 bits per heavy atom. The summed E-state index contributed by atoms with van der Waals surface area (Å²) in [7, 11) is -3.69. The number of aromatic amines is 1. The molecule has 28 heavy (non-hydrogen) atoms. The molecular formula is C20H19N3O4S. The number of fused-ring (bicyclic) bond motifs is 2. The highest BCUT2D eigenvalue weighted by atomic mass is 32.2. The van der Waals surface area contributed by atoms with E-state index in [1.165, 1.54) is 12.1 Å². The molecule has 0 aliphatic carbocycles. The van der Waals surface area contributed by atoms with Crippen LogP contribution in [0, 0.1) is 6.92 Å². The fourth-order valence-corrected chi connectivity index (χ4v) is 4.77. The monoisotopic (exact) mass is 397 g/mol. The van der Waals surface area contributed by atoms with Crippen LogP contribution in [0.5, 0.6) is 0 Å². The second kappa shape index (κ2) is 6.79. The number of amides is 2. The average Bonchev–Trinajstić information content (AvgIpc) is 3.04. The molecular weight excluding hydrogens is 378 g/mol. The van der Waals surface area contributed by atoms with Gasteiger partial charge in [-0.05, 0) is 42.7 Å². The number of sulfone groups is 1. The standard InChI is InChI=1S/C20H19N3O4S/c1-12-3-2-4-15-13(10-21-20(12)15)5-8-18(24)22-14-6-7-16-17(9-14)28(26,27)11-19(25)23-16/h2-4,6-7,9-10,21H,5,8,11H2,1H3,(H,22,24)(H,23,25). The number of anilines is 2. The van der Waals surface area contributed by atoms with Crippen LogP contribution >= 0.6 is 0 Å². The molecule has 7 nitrogen and oxygen atoms in total. The van der Waals surface area contributed by atoms with Gasteiger partial charge in [0.1, 0.15) is 5.75 Å². The second-order valence-corrected chi connectivity index (χ2v) is 8.84. The summed E-state index contributed by atoms with van der Waals surface area (Å²) in [6, 6.07) is 10.5. The molecule has 0 saturated heterocycles. The molecule has 2 heterocycles. The van der Waals surface area contributed by atoms with Gasteiger partial charge in [0.05, 0.1) is 10.6 Å². The third kappa shape index (κ3) is 3.38. The summed E-state index contributed by atoms with van der Waals surface area (Å²) in [6.07, 6.45) is 2.75. The highest BCUT2D eigenvalue weighted by Crippen LogP contribution is 2.29. The van der Waals surface area contributed by atoms with Crippen molar-refractivity contribution in [2.75, 3.05) is 16.4 Å². The minimum Gasteiger partial charge on any atom is -0.361 e. The molecule has 0 unspecified atom stereocenters. The van der Waals surface area contributed by atoms with Crippen LogP contribution in [-0.4, -0.2) is 31.0 Å². The van der Waals surface area contributed by atoms with Gasteiger partial charge in [0.2, 0.25) is 11.8 Å². The predicted octanol–water partition coefficient (Wildman–Crippen LogP) is 2.77. The van der Waals surface area contributed by atoms with Gasteiger partial charge in [-0.15, -0.1) is 0 Å². The summed E-state index contributed by atoms with van der Waals surface area (Å²) < 4.78 is 24.4. The zero-order valence-corrected chi connectivity index (χ0v) is 16.0. The number of rotatable bonds is 4. The summed E-state index contributed by atoms with van der Waals surface area (Å²) in [4.78, 5) is 27.1. The Bertz CT molecular complexity index is 1210. The molecule has 8 heteroatoms. The zero-order valence-electron chi connectivity index (χ0n) is 15.2. The molecule has 0 radical (unpaired) electrons. The van der Waals surface area contributed by atoms with Crippen molar-refractivity contribution in [3.05, 3.63) is 53.7 Å². The Kier molecular flexibility index (Phi) is 4.43. The zero-order chi connectivity index (χ0) is 19.9. The van der Waals surface area contributed by atoms with Gasteiger partial charge in [-0.2, -0.15) is 0 Å². The van der Waals surface area contributed by atoms with E-state index in [1.807, 2.05) is 31.3 Å². The fraction of sp³-hybridized carbons (Fsp3) is 0.200. The minimum absolute atomic E-state index is 0.0250. The lowest BCUT2D eigenvalue weighted by atomic mass is 10.1. The molecule has 0 bridgehead atoms. The van der Waals surface area contributed by atoms with Crippen molar-refractivity contribution in [1.29, 1.82) is 0 Å². The van der Waals surface area contributed by atoms with Crippen LogP contribution in [0.25, 0.3) is 10.9 Å². The van der Waals surface area contributed by atoms with Crippen LogP contribution in [-0.2, 0) is 25.8 Å². The van der Waals surface area contributed by atoms with E-state index in [0.29, 0.717) is 12.1 Å². The number of nitrogens with one attached hydrogen (secondary N) is 3. The van der Waals surface area contributed by atoms with E-state index in [4.69, 9.17) is 0 Å². The molecule has 3 aromatic rings. The van der Waals surface area contributed by atoms with E-state index in [-0.39, 0.29) is 22.9 Å². The van der Waals surface area contributed by atoms with E-state index in [1.54, 1.807) is 6.07 Å². The van der Waals surface area contributed by atoms with E-state index in [9.17, 15) is 18.0 Å². The first-order valence-corrected chi connectivity index (χ1v) is 10.5. The predicted molar refractivity (Wildman–Crippen MR) is 107 cm³/mol. The van der Waals surface area contributed by atoms with Crippen LogP contribution in [0.15, 0.2) is 47.5 Å². The topological polar surface area (TPSA) is 108 Å². The summed E-state index contributed by atoms with van der Waals surface area (Å²) in [5, 5.41) is 6.36. The molecule has 2 amide bonds. The van der Waals surface area contributed by atoms with Crippen LogP contribution in [0.3, 0.4) is 0 Å². The smallest absolute Gasteiger partial charge is 0.239 e. The number of aromatic nitrogens is 1. The van der Waals surface area contributed by atoms with Crippen molar-refractivity contribution in [1.82, 2.24) is 4.98 Å². The molecule has 1 aliphatic rings. The Morgan fingerprint density at radius 3 is 2.86 bits per heavy atom. The highest BCUT2D eigenvalue weighted by molar-refractivity contribution is 7.92. The Balaban J connectivity index is 1.47. The van der Waals surface area contributed by atoms with Crippen molar-refractivity contribution in [3.63, 3.8) is 0 Å². The first kappa shape index (κ1) is 18.2. The molecule has 0 saturated carbocycles. The van der Waals surface area contributed by atoms with Crippen molar-refractivity contribution in [2.24, 2.45) is 0 Å². The molecule has 0 fully saturated rings. The highest BCUT2D eigenvalue weighted by Gasteiger charge is 2.29. The molecule has 3 N–H and O–H groups in total. The third-order valence-corrected chi connectivity index (χ3v) is 6.48. The number of carbonyl (C=O) groups is 2. The largest absolute Gasteiger partial charge is 0.361 e. The number of para-hydroxylation sites is 1. The first-order valence-electron chi connectivity index (χ1n) is 8.85. The van der Waals surface area contributed by atoms with Gasteiger partial charge in [0.25, 0.3) is 0 Å². The molecule has 1 aliphatic heterocycles. The lowest BCUT2D eigenvalue weighted by molar-refractivity contribution is -0.116. The van der Waals surface area contributed by atoms with Gasteiger partial charge in [-0.1, -0.05) is 18.2 Å². The number of benzene rings is 2. The summed E-state index contributed by atoms with van der Waals surface area (Å²) in [5.74, 6) is -1.35. The van der Waals surface area contributed by atoms with Crippen LogP contribution < -0.4 is 10.6 Å². The number of hydrogen-bond acceptors (Lipinski definition) is 4. The van der Waals surface area contributed by atoms with Crippen LogP contribution in [0.4, 0.5) is 11.4 Å². The number of hydrogen-bond donors (Lipinski definition) is 3. The number of H-pyrrole nitrogens is 1. The lowest BCUT2D eigenvalue weighted by Gasteiger charge is -2.18. The fourth-order valence-electron chi connectivity index (χ4n) is 3.44. The van der Waals surface area contributed by atoms with E-state index < -0.39 is 21.5 Å². The maximum Gasteiger partial charge on any atom is 0.239 e. The van der Waals surface area contributed by atoms with E-state index in [0.717, 1.165) is 22.0 Å². The average molecular weight is 397 g/mol. The van der Waals surface area contributed by atoms with Gasteiger partial charge in [0, 0.05) is 29.2 Å². The Labute approximate surface area is 162 Å². The molecule has 0 spiro atoms. The van der Waals surface area contributed by atoms with Gasteiger partial charge < -0.3 is 15.6 Å². The minimum atomic E-state index is -3.69. The molecule has 2 aromatic carbocycles. The van der Waals surface area contributed by atoms with Crippen LogP contribution in [0.2, 0.25) is 0 Å². The summed E-state index contributed by atoms with van der Waals surface area (Å²) in [6.45, 7) is 2.03. The van der Waals surface area contributed by atoms with Crippen molar-refractivity contribution in [3.8, 4) is 0 Å². The first-order chi connectivity index (χ1) is 13.3. The summed E-state index contributed by atoms with van der Waals surface area (Å²) >= 11 is 0. The lowest BCUT2D eigenvalue weighted by Crippen LogP contribution is -2.29. The Hall–Kier alpha value is -3.13. The third-order valence-electron chi connectivity index (χ3n) is 4.83. The quantitative estimate of drug-likeness (QED) is 0.629. The van der Waals surface area contributed by atoms with Gasteiger partial charge in [-0.25, -0.2) is 8.42 Å².